The number of hydrogen-bond donors (Lipinski definition) is 2. The van der Waals surface area contributed by atoms with E-state index in [0.29, 0.717) is 11.8 Å². The van der Waals surface area contributed by atoms with Gasteiger partial charge in [-0.2, -0.15) is 4.98 Å². The normalized spacial score (nSPS) is 10.1. The predicted octanol–water partition coefficient (Wildman–Crippen LogP) is 0.924. The van der Waals surface area contributed by atoms with Crippen molar-refractivity contribution in [3.63, 3.8) is 0 Å². The van der Waals surface area contributed by atoms with Gasteiger partial charge in [0.15, 0.2) is 0 Å². The molecule has 0 saturated carbocycles. The minimum absolute atomic E-state index is 0.348. The summed E-state index contributed by atoms with van der Waals surface area (Å²) in [6.45, 7) is 0. The standard InChI is InChI=1S/C9H10N4O/c1-14-8-6-4-2-3-5-7(6)11-9(12-8)13-10/h2-5H,10H2,1H3,(H,11,12,13). The molecule has 0 amide bonds. The van der Waals surface area contributed by atoms with Crippen LogP contribution in [0.25, 0.3) is 10.9 Å². The van der Waals surface area contributed by atoms with Crippen LogP contribution in [0.1, 0.15) is 0 Å². The molecule has 0 saturated heterocycles. The molecule has 0 bridgehead atoms. The summed E-state index contributed by atoms with van der Waals surface area (Å²) < 4.78 is 5.12. The lowest BCUT2D eigenvalue weighted by Crippen LogP contribution is -2.11. The van der Waals surface area contributed by atoms with E-state index in [9.17, 15) is 0 Å². The zero-order chi connectivity index (χ0) is 9.97. The fourth-order valence-electron chi connectivity index (χ4n) is 1.27. The Labute approximate surface area is 80.9 Å². The molecule has 1 aromatic heterocycles. The monoisotopic (exact) mass is 190 g/mol. The molecule has 14 heavy (non-hydrogen) atoms. The molecule has 5 nitrogen and oxygen atoms in total. The minimum atomic E-state index is 0.348. The van der Waals surface area contributed by atoms with Gasteiger partial charge in [0, 0.05) is 0 Å². The average Bonchev–Trinajstić information content (AvgIpc) is 2.27. The van der Waals surface area contributed by atoms with Gasteiger partial charge in [0.1, 0.15) is 0 Å². The third kappa shape index (κ3) is 1.33. The first-order chi connectivity index (χ1) is 6.85. The Kier molecular flexibility index (Phi) is 2.16. The van der Waals surface area contributed by atoms with E-state index in [1.807, 2.05) is 24.3 Å². The number of fused-ring (bicyclic) bond motifs is 1. The van der Waals surface area contributed by atoms with E-state index in [1.165, 1.54) is 0 Å². The van der Waals surface area contributed by atoms with E-state index >= 15 is 0 Å². The summed E-state index contributed by atoms with van der Waals surface area (Å²) in [4.78, 5) is 8.24. The Bertz CT molecular complexity index is 458. The highest BCUT2D eigenvalue weighted by molar-refractivity contribution is 5.84. The summed E-state index contributed by atoms with van der Waals surface area (Å²) in [6.07, 6.45) is 0. The number of nitrogens with zero attached hydrogens (tertiary/aromatic N) is 2. The number of nitrogen functional groups attached to an aromatic ring is 1. The van der Waals surface area contributed by atoms with Crippen LogP contribution in [0.4, 0.5) is 5.95 Å². The van der Waals surface area contributed by atoms with Crippen molar-refractivity contribution in [2.45, 2.75) is 0 Å². The minimum Gasteiger partial charge on any atom is -0.480 e. The largest absolute Gasteiger partial charge is 0.480 e. The Balaban J connectivity index is 2.73. The van der Waals surface area contributed by atoms with Gasteiger partial charge in [-0.15, -0.1) is 0 Å². The van der Waals surface area contributed by atoms with Crippen molar-refractivity contribution in [3.8, 4) is 5.88 Å². The molecule has 0 aliphatic carbocycles. The molecule has 5 heteroatoms. The zero-order valence-electron chi connectivity index (χ0n) is 7.69. The third-order valence-electron chi connectivity index (χ3n) is 1.89. The van der Waals surface area contributed by atoms with Crippen LogP contribution in [0.2, 0.25) is 0 Å². The summed E-state index contributed by atoms with van der Waals surface area (Å²) in [5, 5.41) is 0.869. The van der Waals surface area contributed by atoms with Crippen molar-refractivity contribution >= 4 is 16.9 Å². The highest BCUT2D eigenvalue weighted by Crippen LogP contribution is 2.22. The summed E-state index contributed by atoms with van der Waals surface area (Å²) >= 11 is 0. The summed E-state index contributed by atoms with van der Waals surface area (Å²) in [5.74, 6) is 6.10. The SMILES string of the molecule is COc1nc(NN)nc2ccccc12. The first kappa shape index (κ1) is 8.71. The van der Waals surface area contributed by atoms with Gasteiger partial charge in [-0.1, -0.05) is 12.1 Å². The van der Waals surface area contributed by atoms with Crippen molar-refractivity contribution in [1.29, 1.82) is 0 Å². The molecule has 0 unspecified atom stereocenters. The van der Waals surface area contributed by atoms with Crippen molar-refractivity contribution in [1.82, 2.24) is 9.97 Å². The number of anilines is 1. The maximum absolute atomic E-state index is 5.23. The maximum Gasteiger partial charge on any atom is 0.241 e. The van der Waals surface area contributed by atoms with Gasteiger partial charge in [0.05, 0.1) is 18.0 Å². The number of nitrogens with two attached hydrogens (primary N) is 1. The molecule has 0 aliphatic heterocycles. The number of rotatable bonds is 2. The fraction of sp³-hybridized carbons (Fsp3) is 0.111. The third-order valence-corrected chi connectivity index (χ3v) is 1.89. The number of hydrogen-bond acceptors (Lipinski definition) is 5. The van der Waals surface area contributed by atoms with Crippen LogP contribution in [0.3, 0.4) is 0 Å². The molecule has 72 valence electrons. The number of nitrogens with one attached hydrogen (secondary N) is 1. The van der Waals surface area contributed by atoms with Crippen LogP contribution in [0.15, 0.2) is 24.3 Å². The topological polar surface area (TPSA) is 73.1 Å². The average molecular weight is 190 g/mol. The number of hydrazine groups is 1. The van der Waals surface area contributed by atoms with E-state index in [1.54, 1.807) is 7.11 Å². The summed E-state index contributed by atoms with van der Waals surface area (Å²) in [7, 11) is 1.56. The van der Waals surface area contributed by atoms with Crippen LogP contribution in [0, 0.1) is 0 Å². The molecule has 0 atom stereocenters. The Morgan fingerprint density at radius 1 is 1.29 bits per heavy atom. The van der Waals surface area contributed by atoms with Crippen molar-refractivity contribution < 1.29 is 4.74 Å². The van der Waals surface area contributed by atoms with Crippen LogP contribution in [-0.2, 0) is 0 Å². The molecule has 3 N–H and O–H groups in total. The Hall–Kier alpha value is -1.88. The van der Waals surface area contributed by atoms with Gasteiger partial charge in [-0.3, -0.25) is 5.43 Å². The highest BCUT2D eigenvalue weighted by Gasteiger charge is 2.05. The second-order valence-electron chi connectivity index (χ2n) is 2.72. The maximum atomic E-state index is 5.23. The zero-order valence-corrected chi connectivity index (χ0v) is 7.69. The molecule has 0 spiro atoms. The van der Waals surface area contributed by atoms with Crippen LogP contribution in [-0.4, -0.2) is 17.1 Å². The van der Waals surface area contributed by atoms with Gasteiger partial charge in [-0.05, 0) is 12.1 Å². The Morgan fingerprint density at radius 2 is 2.07 bits per heavy atom. The molecule has 0 aliphatic rings. The predicted molar refractivity (Wildman–Crippen MR) is 53.9 cm³/mol. The summed E-state index contributed by atoms with van der Waals surface area (Å²) in [5.41, 5.74) is 3.19. The van der Waals surface area contributed by atoms with E-state index in [-0.39, 0.29) is 0 Å². The Morgan fingerprint density at radius 3 is 2.79 bits per heavy atom. The van der Waals surface area contributed by atoms with Crippen LogP contribution < -0.4 is 16.0 Å². The van der Waals surface area contributed by atoms with Crippen molar-refractivity contribution in [3.05, 3.63) is 24.3 Å². The molecule has 1 heterocycles. The van der Waals surface area contributed by atoms with Gasteiger partial charge < -0.3 is 4.74 Å². The fourth-order valence-corrected chi connectivity index (χ4v) is 1.27. The van der Waals surface area contributed by atoms with E-state index in [4.69, 9.17) is 10.6 Å². The number of ether oxygens (including phenoxy) is 1. The molecule has 2 rings (SSSR count). The lowest BCUT2D eigenvalue weighted by molar-refractivity contribution is 0.403. The van der Waals surface area contributed by atoms with Gasteiger partial charge in [0.25, 0.3) is 0 Å². The van der Waals surface area contributed by atoms with Crippen molar-refractivity contribution in [2.24, 2.45) is 5.84 Å². The van der Waals surface area contributed by atoms with E-state index in [0.717, 1.165) is 10.9 Å². The number of benzene rings is 1. The molecule has 1 aromatic carbocycles. The first-order valence-electron chi connectivity index (χ1n) is 4.12. The summed E-state index contributed by atoms with van der Waals surface area (Å²) in [6, 6.07) is 7.58. The van der Waals surface area contributed by atoms with E-state index in [2.05, 4.69) is 15.4 Å². The smallest absolute Gasteiger partial charge is 0.241 e. The molecular formula is C9H10N4O. The number of methoxy groups -OCH3 is 1. The lowest BCUT2D eigenvalue weighted by atomic mass is 10.2. The molecule has 2 aromatic rings. The highest BCUT2D eigenvalue weighted by atomic mass is 16.5. The molecule has 0 radical (unpaired) electrons. The van der Waals surface area contributed by atoms with Gasteiger partial charge in [0.2, 0.25) is 11.8 Å². The first-order valence-corrected chi connectivity index (χ1v) is 4.12. The van der Waals surface area contributed by atoms with Gasteiger partial charge >= 0.3 is 0 Å². The van der Waals surface area contributed by atoms with Crippen LogP contribution in [0.5, 0.6) is 5.88 Å². The molecular weight excluding hydrogens is 180 g/mol. The van der Waals surface area contributed by atoms with Gasteiger partial charge in [-0.25, -0.2) is 10.8 Å². The second-order valence-corrected chi connectivity index (χ2v) is 2.72. The molecule has 0 fully saturated rings. The number of para-hydroxylation sites is 1. The van der Waals surface area contributed by atoms with Crippen LogP contribution >= 0.6 is 0 Å². The van der Waals surface area contributed by atoms with E-state index < -0.39 is 0 Å². The second kappa shape index (κ2) is 3.47. The quantitative estimate of drug-likeness (QED) is 0.544. The number of aromatic nitrogens is 2. The lowest BCUT2D eigenvalue weighted by Gasteiger charge is -2.05. The van der Waals surface area contributed by atoms with Crippen molar-refractivity contribution in [2.75, 3.05) is 12.5 Å².